The third-order valence-corrected chi connectivity index (χ3v) is 4.73. The van der Waals surface area contributed by atoms with Crippen molar-refractivity contribution in [2.24, 2.45) is 0 Å². The van der Waals surface area contributed by atoms with Crippen molar-refractivity contribution in [3.8, 4) is 0 Å². The standard InChI is InChI=1S/C16H20FIN4/c1-3-21(2)15-11-9-14(22-7-5-4-6-8-22)12(17)10-13(11)19-16(18)20-15/h9-10H,3-8H2,1-2H3. The fourth-order valence-electron chi connectivity index (χ4n) is 2.91. The third kappa shape index (κ3) is 2.98. The molecule has 1 aliphatic heterocycles. The van der Waals surface area contributed by atoms with E-state index >= 15 is 0 Å². The summed E-state index contributed by atoms with van der Waals surface area (Å²) in [5, 5.41) is 0.923. The predicted octanol–water partition coefficient (Wildman–Crippen LogP) is 3.82. The van der Waals surface area contributed by atoms with E-state index in [1.165, 1.54) is 6.42 Å². The minimum Gasteiger partial charge on any atom is -0.369 e. The van der Waals surface area contributed by atoms with Gasteiger partial charge in [-0.15, -0.1) is 0 Å². The Hall–Kier alpha value is -1.18. The molecule has 2 aromatic rings. The lowest BCUT2D eigenvalue weighted by atomic mass is 10.1. The molecular weight excluding hydrogens is 394 g/mol. The van der Waals surface area contributed by atoms with Crippen molar-refractivity contribution in [3.05, 3.63) is 21.8 Å². The molecule has 0 amide bonds. The van der Waals surface area contributed by atoms with Gasteiger partial charge in [-0.2, -0.15) is 0 Å². The summed E-state index contributed by atoms with van der Waals surface area (Å²) in [5.41, 5.74) is 1.36. The number of hydrogen-bond acceptors (Lipinski definition) is 4. The lowest BCUT2D eigenvalue weighted by molar-refractivity contribution is 0.557. The number of halogens is 2. The van der Waals surface area contributed by atoms with Gasteiger partial charge in [0.25, 0.3) is 0 Å². The van der Waals surface area contributed by atoms with Crippen molar-refractivity contribution in [1.29, 1.82) is 0 Å². The Kier molecular flexibility index (Phi) is 4.65. The highest BCUT2D eigenvalue weighted by molar-refractivity contribution is 14.1. The predicted molar refractivity (Wildman–Crippen MR) is 97.2 cm³/mol. The SMILES string of the molecule is CCN(C)c1nc(I)nc2cc(F)c(N3CCCCC3)cc12. The van der Waals surface area contributed by atoms with Crippen LogP contribution in [-0.2, 0) is 0 Å². The summed E-state index contributed by atoms with van der Waals surface area (Å²) in [6.45, 7) is 4.77. The summed E-state index contributed by atoms with van der Waals surface area (Å²) < 4.78 is 15.2. The topological polar surface area (TPSA) is 32.3 Å². The fourth-order valence-corrected chi connectivity index (χ4v) is 3.40. The maximum absolute atomic E-state index is 14.5. The molecule has 1 aliphatic rings. The van der Waals surface area contributed by atoms with Gasteiger partial charge in [0.1, 0.15) is 11.6 Å². The van der Waals surface area contributed by atoms with E-state index in [0.717, 1.165) is 43.7 Å². The summed E-state index contributed by atoms with van der Waals surface area (Å²) in [6, 6.07) is 3.48. The summed E-state index contributed by atoms with van der Waals surface area (Å²) in [4.78, 5) is 13.2. The molecule has 22 heavy (non-hydrogen) atoms. The van der Waals surface area contributed by atoms with Crippen LogP contribution in [-0.4, -0.2) is 36.6 Å². The monoisotopic (exact) mass is 414 g/mol. The van der Waals surface area contributed by atoms with Gasteiger partial charge >= 0.3 is 0 Å². The normalized spacial score (nSPS) is 15.4. The first-order valence-corrected chi connectivity index (χ1v) is 8.81. The second kappa shape index (κ2) is 6.52. The Morgan fingerprint density at radius 2 is 1.95 bits per heavy atom. The second-order valence-corrected chi connectivity index (χ2v) is 6.66. The van der Waals surface area contributed by atoms with E-state index < -0.39 is 0 Å². The van der Waals surface area contributed by atoms with E-state index in [1.807, 2.05) is 13.1 Å². The van der Waals surface area contributed by atoms with Gasteiger partial charge in [0.2, 0.25) is 0 Å². The van der Waals surface area contributed by atoms with Crippen LogP contribution in [0, 0.1) is 9.65 Å². The molecule has 0 radical (unpaired) electrons. The molecule has 0 N–H and O–H groups in total. The minimum atomic E-state index is -0.186. The van der Waals surface area contributed by atoms with Crippen molar-refractivity contribution in [3.63, 3.8) is 0 Å². The molecule has 1 aromatic heterocycles. The molecule has 3 rings (SSSR count). The van der Waals surface area contributed by atoms with Gasteiger partial charge in [-0.1, -0.05) is 0 Å². The zero-order chi connectivity index (χ0) is 15.7. The Balaban J connectivity index is 2.15. The molecule has 0 unspecified atom stereocenters. The average Bonchev–Trinajstić information content (AvgIpc) is 2.53. The van der Waals surface area contributed by atoms with Crippen molar-refractivity contribution in [2.45, 2.75) is 26.2 Å². The van der Waals surface area contributed by atoms with Crippen LogP contribution in [0.1, 0.15) is 26.2 Å². The van der Waals surface area contributed by atoms with Crippen LogP contribution in [0.3, 0.4) is 0 Å². The number of fused-ring (bicyclic) bond motifs is 1. The van der Waals surface area contributed by atoms with Crippen molar-refractivity contribution < 1.29 is 4.39 Å². The molecule has 1 aromatic carbocycles. The van der Waals surface area contributed by atoms with Crippen LogP contribution in [0.15, 0.2) is 12.1 Å². The number of benzene rings is 1. The lowest BCUT2D eigenvalue weighted by Crippen LogP contribution is -2.30. The van der Waals surface area contributed by atoms with Crippen LogP contribution in [0.5, 0.6) is 0 Å². The van der Waals surface area contributed by atoms with Gasteiger partial charge in [0.15, 0.2) is 3.83 Å². The first kappa shape index (κ1) is 15.7. The molecule has 0 aliphatic carbocycles. The first-order chi connectivity index (χ1) is 10.6. The van der Waals surface area contributed by atoms with Crippen LogP contribution in [0.4, 0.5) is 15.9 Å². The van der Waals surface area contributed by atoms with Crippen LogP contribution in [0.2, 0.25) is 0 Å². The molecule has 2 heterocycles. The maximum atomic E-state index is 14.5. The highest BCUT2D eigenvalue weighted by atomic mass is 127. The largest absolute Gasteiger partial charge is 0.369 e. The van der Waals surface area contributed by atoms with Gasteiger partial charge in [-0.05, 0) is 32.3 Å². The zero-order valence-corrected chi connectivity index (χ0v) is 15.1. The van der Waals surface area contributed by atoms with E-state index in [-0.39, 0.29) is 5.82 Å². The van der Waals surface area contributed by atoms with Crippen molar-refractivity contribution in [2.75, 3.05) is 36.5 Å². The highest BCUT2D eigenvalue weighted by Gasteiger charge is 2.18. The highest BCUT2D eigenvalue weighted by Crippen LogP contribution is 2.31. The number of nitrogens with zero attached hydrogens (tertiary/aromatic N) is 4. The van der Waals surface area contributed by atoms with Crippen LogP contribution >= 0.6 is 22.6 Å². The van der Waals surface area contributed by atoms with E-state index in [0.29, 0.717) is 15.0 Å². The van der Waals surface area contributed by atoms with E-state index in [9.17, 15) is 4.39 Å². The second-order valence-electron chi connectivity index (χ2n) is 5.70. The van der Waals surface area contributed by atoms with Crippen LogP contribution < -0.4 is 9.80 Å². The molecular formula is C16H20FIN4. The summed E-state index contributed by atoms with van der Waals surface area (Å²) >= 11 is 2.09. The van der Waals surface area contributed by atoms with Gasteiger partial charge in [0, 0.05) is 60.7 Å². The Morgan fingerprint density at radius 1 is 1.23 bits per heavy atom. The molecule has 0 saturated carbocycles. The van der Waals surface area contributed by atoms with Crippen molar-refractivity contribution in [1.82, 2.24) is 9.97 Å². The lowest BCUT2D eigenvalue weighted by Gasteiger charge is -2.29. The Morgan fingerprint density at radius 3 is 2.64 bits per heavy atom. The van der Waals surface area contributed by atoms with E-state index in [2.05, 4.69) is 49.3 Å². The van der Waals surface area contributed by atoms with Crippen LogP contribution in [0.25, 0.3) is 10.9 Å². The molecule has 6 heteroatoms. The molecule has 0 spiro atoms. The fraction of sp³-hybridized carbons (Fsp3) is 0.500. The Labute approximate surface area is 143 Å². The summed E-state index contributed by atoms with van der Waals surface area (Å²) in [6.07, 6.45) is 3.49. The van der Waals surface area contributed by atoms with Crippen molar-refractivity contribution >= 4 is 45.0 Å². The average molecular weight is 414 g/mol. The van der Waals surface area contributed by atoms with Gasteiger partial charge in [-0.3, -0.25) is 0 Å². The number of hydrogen-bond donors (Lipinski definition) is 0. The number of aromatic nitrogens is 2. The molecule has 0 atom stereocenters. The minimum absolute atomic E-state index is 0.186. The quantitative estimate of drug-likeness (QED) is 0.565. The van der Waals surface area contributed by atoms with Gasteiger partial charge < -0.3 is 9.80 Å². The maximum Gasteiger partial charge on any atom is 0.193 e. The molecule has 1 saturated heterocycles. The summed E-state index contributed by atoms with van der Waals surface area (Å²) in [7, 11) is 2.00. The number of piperidine rings is 1. The number of anilines is 2. The van der Waals surface area contributed by atoms with Gasteiger partial charge in [0.05, 0.1) is 11.2 Å². The van der Waals surface area contributed by atoms with Gasteiger partial charge in [-0.25, -0.2) is 14.4 Å². The molecule has 118 valence electrons. The molecule has 4 nitrogen and oxygen atoms in total. The first-order valence-electron chi connectivity index (χ1n) is 7.73. The molecule has 1 fully saturated rings. The van der Waals surface area contributed by atoms with E-state index in [1.54, 1.807) is 6.07 Å². The number of rotatable bonds is 3. The van der Waals surface area contributed by atoms with E-state index in [4.69, 9.17) is 0 Å². The smallest absolute Gasteiger partial charge is 0.193 e. The third-order valence-electron chi connectivity index (χ3n) is 4.25. The molecule has 0 bridgehead atoms. The Bertz CT molecular complexity index is 685. The zero-order valence-electron chi connectivity index (χ0n) is 12.9. The summed E-state index contributed by atoms with van der Waals surface area (Å²) in [5.74, 6) is 0.684.